The molecule has 28 heavy (non-hydrogen) atoms. The Balaban J connectivity index is 2.07. The highest BCUT2D eigenvalue weighted by atomic mass is 32.1. The highest BCUT2D eigenvalue weighted by Gasteiger charge is 2.27. The van der Waals surface area contributed by atoms with Gasteiger partial charge in [0.1, 0.15) is 4.83 Å². The van der Waals surface area contributed by atoms with Crippen LogP contribution in [-0.2, 0) is 19.6 Å². The van der Waals surface area contributed by atoms with Crippen molar-refractivity contribution in [3.8, 4) is 0 Å². The van der Waals surface area contributed by atoms with E-state index in [4.69, 9.17) is 0 Å². The number of halogens is 3. The maximum absolute atomic E-state index is 12.8. The van der Waals surface area contributed by atoms with Crippen molar-refractivity contribution in [1.82, 2.24) is 19.4 Å². The Morgan fingerprint density at radius 1 is 1.18 bits per heavy atom. The van der Waals surface area contributed by atoms with Crippen LogP contribution in [0.4, 0.5) is 18.0 Å². The van der Waals surface area contributed by atoms with E-state index in [0.29, 0.717) is 35.4 Å². The third kappa shape index (κ3) is 3.80. The number of hydrogen-bond acceptors (Lipinski definition) is 4. The molecule has 154 valence electrons. The van der Waals surface area contributed by atoms with E-state index in [9.17, 15) is 27.6 Å². The number of hydrogen-bond donors (Lipinski definition) is 1. The van der Waals surface area contributed by atoms with Crippen molar-refractivity contribution in [2.45, 2.75) is 52.5 Å². The number of aryl methyl sites for hydroxylation is 2. The van der Waals surface area contributed by atoms with Crippen LogP contribution >= 0.6 is 11.3 Å². The molecule has 7 nitrogen and oxygen atoms in total. The molecule has 1 aliphatic heterocycles. The quantitative estimate of drug-likeness (QED) is 0.783. The van der Waals surface area contributed by atoms with Gasteiger partial charge in [0.05, 0.1) is 11.9 Å². The monoisotopic (exact) mass is 418 g/mol. The Morgan fingerprint density at radius 3 is 2.46 bits per heavy atom. The van der Waals surface area contributed by atoms with Gasteiger partial charge in [0.2, 0.25) is 0 Å². The number of carbonyl (C=O) groups excluding carboxylic acids is 1. The van der Waals surface area contributed by atoms with Crippen molar-refractivity contribution in [3.05, 3.63) is 31.3 Å². The predicted molar refractivity (Wildman–Crippen MR) is 99.9 cm³/mol. The molecule has 2 aromatic heterocycles. The van der Waals surface area contributed by atoms with Gasteiger partial charge in [0, 0.05) is 37.5 Å². The van der Waals surface area contributed by atoms with Gasteiger partial charge < -0.3 is 10.2 Å². The van der Waals surface area contributed by atoms with E-state index in [1.165, 1.54) is 15.9 Å². The summed E-state index contributed by atoms with van der Waals surface area (Å²) in [5, 5.41) is 3.04. The lowest BCUT2D eigenvalue weighted by Crippen LogP contribution is -2.39. The molecule has 1 fully saturated rings. The van der Waals surface area contributed by atoms with E-state index >= 15 is 0 Å². The zero-order valence-electron chi connectivity index (χ0n) is 15.6. The van der Waals surface area contributed by atoms with Crippen LogP contribution in [0, 0.1) is 6.92 Å². The molecule has 0 aliphatic carbocycles. The topological polar surface area (TPSA) is 76.3 Å². The van der Waals surface area contributed by atoms with Crippen molar-refractivity contribution in [2.75, 3.05) is 13.1 Å². The standard InChI is InChI=1S/C17H21F3N4O3S/c1-3-23-13(25)12-10(2)11(9-22-8-6-21-15(22)26)28-14(12)24(16(23)27)7-4-5-17(18,19)20/h3-9H2,1-2H3,(H,21,26). The number of urea groups is 1. The maximum atomic E-state index is 12.8. The molecule has 1 aliphatic rings. The molecule has 2 aromatic rings. The lowest BCUT2D eigenvalue weighted by molar-refractivity contribution is -0.135. The molecule has 11 heteroatoms. The van der Waals surface area contributed by atoms with Gasteiger partial charge in [0.15, 0.2) is 0 Å². The minimum Gasteiger partial charge on any atom is -0.336 e. The number of carbonyl (C=O) groups is 1. The average Bonchev–Trinajstić information content (AvgIpc) is 3.15. The van der Waals surface area contributed by atoms with Crippen molar-refractivity contribution >= 4 is 27.6 Å². The Kier molecular flexibility index (Phi) is 5.55. The average molecular weight is 418 g/mol. The van der Waals surface area contributed by atoms with Crippen molar-refractivity contribution < 1.29 is 18.0 Å². The SMILES string of the molecule is CCn1c(=O)c2c(C)c(CN3CCNC3=O)sc2n(CCCC(F)(F)F)c1=O. The maximum Gasteiger partial charge on any atom is 0.389 e. The van der Waals surface area contributed by atoms with Gasteiger partial charge in [0.25, 0.3) is 5.56 Å². The van der Waals surface area contributed by atoms with Crippen LogP contribution in [0.5, 0.6) is 0 Å². The van der Waals surface area contributed by atoms with Crippen LogP contribution in [0.2, 0.25) is 0 Å². The predicted octanol–water partition coefficient (Wildman–Crippen LogP) is 2.42. The van der Waals surface area contributed by atoms with Gasteiger partial charge in [-0.15, -0.1) is 11.3 Å². The fraction of sp³-hybridized carbons (Fsp3) is 0.588. The third-order valence-electron chi connectivity index (χ3n) is 4.83. The second-order valence-electron chi connectivity index (χ2n) is 6.69. The summed E-state index contributed by atoms with van der Waals surface area (Å²) < 4.78 is 39.9. The van der Waals surface area contributed by atoms with E-state index < -0.39 is 23.8 Å². The first kappa shape index (κ1) is 20.4. The highest BCUT2D eigenvalue weighted by molar-refractivity contribution is 7.18. The van der Waals surface area contributed by atoms with Crippen LogP contribution in [0.15, 0.2) is 9.59 Å². The van der Waals surface area contributed by atoms with Gasteiger partial charge >= 0.3 is 17.9 Å². The number of nitrogens with one attached hydrogen (secondary N) is 1. The minimum atomic E-state index is -4.30. The number of aromatic nitrogens is 2. The first-order chi connectivity index (χ1) is 13.1. The van der Waals surface area contributed by atoms with Crippen LogP contribution in [0.25, 0.3) is 10.2 Å². The molecule has 3 heterocycles. The molecule has 3 rings (SSSR count). The summed E-state index contributed by atoms with van der Waals surface area (Å²) in [5.74, 6) is 0. The van der Waals surface area contributed by atoms with Gasteiger partial charge in [-0.25, -0.2) is 9.59 Å². The number of rotatable bonds is 6. The summed E-state index contributed by atoms with van der Waals surface area (Å²) in [6.07, 6.45) is -5.56. The van der Waals surface area contributed by atoms with E-state index in [1.54, 1.807) is 18.7 Å². The van der Waals surface area contributed by atoms with Gasteiger partial charge in [-0.3, -0.25) is 13.9 Å². The Labute approximate surface area is 162 Å². The second kappa shape index (κ2) is 7.61. The number of amides is 2. The fourth-order valence-electron chi connectivity index (χ4n) is 3.34. The lowest BCUT2D eigenvalue weighted by Gasteiger charge is -2.12. The van der Waals surface area contributed by atoms with E-state index in [1.807, 2.05) is 0 Å². The number of fused-ring (bicyclic) bond motifs is 1. The fourth-order valence-corrected chi connectivity index (χ4v) is 4.67. The molecular formula is C17H21F3N4O3S. The third-order valence-corrected chi connectivity index (χ3v) is 6.13. The van der Waals surface area contributed by atoms with Gasteiger partial charge in [-0.1, -0.05) is 0 Å². The summed E-state index contributed by atoms with van der Waals surface area (Å²) >= 11 is 1.19. The van der Waals surface area contributed by atoms with Crippen molar-refractivity contribution in [2.24, 2.45) is 0 Å². The van der Waals surface area contributed by atoms with Crippen molar-refractivity contribution in [3.63, 3.8) is 0 Å². The molecule has 0 atom stereocenters. The molecule has 0 radical (unpaired) electrons. The first-order valence-corrected chi connectivity index (χ1v) is 9.80. The Morgan fingerprint density at radius 2 is 1.89 bits per heavy atom. The van der Waals surface area contributed by atoms with E-state index in [-0.39, 0.29) is 25.5 Å². The number of thiophene rings is 1. The Bertz CT molecular complexity index is 1020. The van der Waals surface area contributed by atoms with E-state index in [2.05, 4.69) is 5.32 Å². The normalized spacial score (nSPS) is 14.9. The minimum absolute atomic E-state index is 0.126. The van der Waals surface area contributed by atoms with Gasteiger partial charge in [-0.2, -0.15) is 13.2 Å². The molecule has 0 spiro atoms. The summed E-state index contributed by atoms with van der Waals surface area (Å²) in [6, 6.07) is -0.203. The number of nitrogens with zero attached hydrogens (tertiary/aromatic N) is 3. The van der Waals surface area contributed by atoms with Crippen LogP contribution in [0.3, 0.4) is 0 Å². The molecule has 1 N–H and O–H groups in total. The summed E-state index contributed by atoms with van der Waals surface area (Å²) in [6.45, 7) is 4.75. The highest BCUT2D eigenvalue weighted by Crippen LogP contribution is 2.30. The molecule has 0 unspecified atom stereocenters. The molecule has 2 amide bonds. The van der Waals surface area contributed by atoms with Crippen LogP contribution in [-0.4, -0.2) is 39.3 Å². The summed E-state index contributed by atoms with van der Waals surface area (Å²) in [5.41, 5.74) is -0.384. The van der Waals surface area contributed by atoms with Gasteiger partial charge in [-0.05, 0) is 25.8 Å². The number of alkyl halides is 3. The van der Waals surface area contributed by atoms with Crippen LogP contribution < -0.4 is 16.6 Å². The van der Waals surface area contributed by atoms with E-state index in [0.717, 1.165) is 9.44 Å². The molecule has 1 saturated heterocycles. The smallest absolute Gasteiger partial charge is 0.336 e. The van der Waals surface area contributed by atoms with Crippen LogP contribution in [0.1, 0.15) is 30.2 Å². The van der Waals surface area contributed by atoms with Crippen molar-refractivity contribution in [1.29, 1.82) is 0 Å². The Hall–Kier alpha value is -2.30. The second-order valence-corrected chi connectivity index (χ2v) is 7.77. The molecule has 0 aromatic carbocycles. The summed E-state index contributed by atoms with van der Waals surface area (Å²) in [7, 11) is 0. The lowest BCUT2D eigenvalue weighted by atomic mass is 10.2. The largest absolute Gasteiger partial charge is 0.389 e. The molecule has 0 bridgehead atoms. The molecular weight excluding hydrogens is 397 g/mol. The zero-order chi connectivity index (χ0) is 20.6. The molecule has 0 saturated carbocycles. The zero-order valence-corrected chi connectivity index (χ0v) is 16.4. The first-order valence-electron chi connectivity index (χ1n) is 8.99. The summed E-state index contributed by atoms with van der Waals surface area (Å²) in [4.78, 5) is 40.0.